The zero-order valence-corrected chi connectivity index (χ0v) is 16.0. The lowest BCUT2D eigenvalue weighted by atomic mass is 10.0. The quantitative estimate of drug-likeness (QED) is 0.632. The van der Waals surface area contributed by atoms with E-state index in [2.05, 4.69) is 43.4 Å². The predicted molar refractivity (Wildman–Crippen MR) is 104 cm³/mol. The normalized spacial score (nSPS) is 13.3. The van der Waals surface area contributed by atoms with Crippen LogP contribution in [0.1, 0.15) is 43.9 Å². The van der Waals surface area contributed by atoms with Crippen molar-refractivity contribution in [2.75, 3.05) is 0 Å². The number of carbonyl (C=O) groups excluding carboxylic acids is 1. The summed E-state index contributed by atoms with van der Waals surface area (Å²) in [6.07, 6.45) is 1.65. The molecule has 0 radical (unpaired) electrons. The van der Waals surface area contributed by atoms with Crippen LogP contribution in [0, 0.1) is 6.92 Å². The Hall–Kier alpha value is -1.45. The number of rotatable bonds is 7. The molecule has 0 fully saturated rings. The second-order valence-corrected chi connectivity index (χ2v) is 7.56. The molecule has 2 atom stereocenters. The number of hydrogen-bond donors (Lipinski definition) is 1. The molecule has 0 spiro atoms. The van der Waals surface area contributed by atoms with Crippen LogP contribution in [0.4, 0.5) is 0 Å². The molecule has 0 aliphatic rings. The second-order valence-electron chi connectivity index (χ2n) is 5.85. The molecule has 0 bridgehead atoms. The third-order valence-electron chi connectivity index (χ3n) is 3.96. The Bertz CT molecular complexity index is 654. The van der Waals surface area contributed by atoms with E-state index < -0.39 is 0 Å². The van der Waals surface area contributed by atoms with Crippen molar-refractivity contribution in [3.63, 3.8) is 0 Å². The molecule has 0 unspecified atom stereocenters. The predicted octanol–water partition coefficient (Wildman–Crippen LogP) is 5.79. The second kappa shape index (κ2) is 9.14. The average molecular weight is 362 g/mol. The highest BCUT2D eigenvalue weighted by Gasteiger charge is 2.21. The van der Waals surface area contributed by atoms with Crippen molar-refractivity contribution in [3.8, 4) is 0 Å². The first-order valence-electron chi connectivity index (χ1n) is 8.32. The van der Waals surface area contributed by atoms with Crippen LogP contribution in [-0.2, 0) is 4.79 Å². The summed E-state index contributed by atoms with van der Waals surface area (Å²) in [6, 6.07) is 16.0. The Morgan fingerprint density at radius 2 is 1.67 bits per heavy atom. The molecule has 2 nitrogen and oxygen atoms in total. The number of hydrogen-bond acceptors (Lipinski definition) is 2. The van der Waals surface area contributed by atoms with E-state index in [1.54, 1.807) is 11.8 Å². The number of thioether (sulfide) groups is 1. The molecule has 4 heteroatoms. The Morgan fingerprint density at radius 3 is 2.21 bits per heavy atom. The summed E-state index contributed by atoms with van der Waals surface area (Å²) in [7, 11) is 0. The van der Waals surface area contributed by atoms with Crippen LogP contribution in [-0.4, -0.2) is 11.2 Å². The molecule has 2 rings (SSSR count). The Balaban J connectivity index is 2.04. The number of carbonyl (C=O) groups is 1. The topological polar surface area (TPSA) is 29.1 Å². The minimum absolute atomic E-state index is 0.0537. The summed E-state index contributed by atoms with van der Waals surface area (Å²) in [4.78, 5) is 13.8. The minimum Gasteiger partial charge on any atom is -0.348 e. The van der Waals surface area contributed by atoms with Crippen molar-refractivity contribution in [1.82, 2.24) is 5.32 Å². The maximum Gasteiger partial charge on any atom is 0.233 e. The lowest BCUT2D eigenvalue weighted by molar-refractivity contribution is -0.121. The molecular formula is C20H24ClNOS. The highest BCUT2D eigenvalue weighted by molar-refractivity contribution is 8.00. The first kappa shape index (κ1) is 18.9. The third kappa shape index (κ3) is 5.29. The van der Waals surface area contributed by atoms with Crippen LogP contribution in [0.2, 0.25) is 5.02 Å². The molecule has 0 aliphatic heterocycles. The highest BCUT2D eigenvalue weighted by Crippen LogP contribution is 2.28. The molecule has 1 N–H and O–H groups in total. The smallest absolute Gasteiger partial charge is 0.233 e. The fourth-order valence-electron chi connectivity index (χ4n) is 2.48. The van der Waals surface area contributed by atoms with Crippen LogP contribution >= 0.6 is 23.4 Å². The summed E-state index contributed by atoms with van der Waals surface area (Å²) in [6.45, 7) is 6.21. The molecule has 24 heavy (non-hydrogen) atoms. The molecule has 0 heterocycles. The van der Waals surface area contributed by atoms with Crippen LogP contribution in [0.25, 0.3) is 0 Å². The molecule has 128 valence electrons. The van der Waals surface area contributed by atoms with Gasteiger partial charge in [0.15, 0.2) is 0 Å². The monoisotopic (exact) mass is 361 g/mol. The van der Waals surface area contributed by atoms with Gasteiger partial charge in [0.1, 0.15) is 0 Å². The van der Waals surface area contributed by atoms with Crippen molar-refractivity contribution in [2.24, 2.45) is 0 Å². The molecule has 1 amide bonds. The molecule has 0 aromatic heterocycles. The summed E-state index contributed by atoms with van der Waals surface area (Å²) in [5, 5.41) is 3.80. The first-order valence-corrected chi connectivity index (χ1v) is 9.58. The van der Waals surface area contributed by atoms with Gasteiger partial charge in [0.25, 0.3) is 0 Å². The summed E-state index contributed by atoms with van der Waals surface area (Å²) < 4.78 is 0. The fraction of sp³-hybridized carbons (Fsp3) is 0.350. The van der Waals surface area contributed by atoms with Gasteiger partial charge in [-0.3, -0.25) is 4.79 Å². The van der Waals surface area contributed by atoms with Crippen LogP contribution in [0.5, 0.6) is 0 Å². The average Bonchev–Trinajstić information content (AvgIpc) is 2.59. The molecule has 0 saturated heterocycles. The van der Waals surface area contributed by atoms with Crippen molar-refractivity contribution in [1.29, 1.82) is 0 Å². The summed E-state index contributed by atoms with van der Waals surface area (Å²) in [5.74, 6) is 0.0878. The van der Waals surface area contributed by atoms with Gasteiger partial charge in [-0.15, -0.1) is 11.8 Å². The van der Waals surface area contributed by atoms with Gasteiger partial charge in [-0.2, -0.15) is 0 Å². The molecule has 0 aliphatic carbocycles. The van der Waals surface area contributed by atoms with Gasteiger partial charge in [-0.25, -0.2) is 0 Å². The zero-order valence-electron chi connectivity index (χ0n) is 14.4. The van der Waals surface area contributed by atoms with Gasteiger partial charge in [-0.1, -0.05) is 55.3 Å². The number of amides is 1. The van der Waals surface area contributed by atoms with Crippen LogP contribution in [0.15, 0.2) is 53.4 Å². The van der Waals surface area contributed by atoms with Crippen molar-refractivity contribution in [3.05, 3.63) is 64.7 Å². The molecule has 2 aromatic carbocycles. The Morgan fingerprint density at radius 1 is 1.04 bits per heavy atom. The molecule has 0 saturated carbocycles. The van der Waals surface area contributed by atoms with Gasteiger partial charge in [0.2, 0.25) is 5.91 Å². The maximum atomic E-state index is 12.7. The molecular weight excluding hydrogens is 338 g/mol. The van der Waals surface area contributed by atoms with E-state index in [9.17, 15) is 4.79 Å². The van der Waals surface area contributed by atoms with Gasteiger partial charge < -0.3 is 5.32 Å². The van der Waals surface area contributed by atoms with Gasteiger partial charge in [-0.05, 0) is 49.6 Å². The Labute approximate surface area is 154 Å². The Kier molecular flexibility index (Phi) is 7.19. The van der Waals surface area contributed by atoms with E-state index in [1.165, 1.54) is 5.56 Å². The first-order chi connectivity index (χ1) is 11.5. The van der Waals surface area contributed by atoms with Crippen molar-refractivity contribution >= 4 is 29.3 Å². The third-order valence-corrected chi connectivity index (χ3v) is 5.59. The number of benzene rings is 2. The minimum atomic E-state index is -0.106. The lowest BCUT2D eigenvalue weighted by Crippen LogP contribution is -2.35. The van der Waals surface area contributed by atoms with Gasteiger partial charge in [0, 0.05) is 9.92 Å². The maximum absolute atomic E-state index is 12.7. The van der Waals surface area contributed by atoms with Gasteiger partial charge in [0.05, 0.1) is 11.3 Å². The highest BCUT2D eigenvalue weighted by atomic mass is 35.5. The van der Waals surface area contributed by atoms with E-state index >= 15 is 0 Å². The largest absolute Gasteiger partial charge is 0.348 e. The SMILES string of the molecule is CC[C@@H](Sc1ccc(Cl)cc1)C(=O)N[C@H](CC)c1ccc(C)cc1. The van der Waals surface area contributed by atoms with E-state index in [-0.39, 0.29) is 17.2 Å². The van der Waals surface area contributed by atoms with Crippen molar-refractivity contribution in [2.45, 2.75) is 49.8 Å². The lowest BCUT2D eigenvalue weighted by Gasteiger charge is -2.21. The van der Waals surface area contributed by atoms with E-state index in [0.717, 1.165) is 23.3 Å². The number of aryl methyl sites for hydroxylation is 1. The zero-order chi connectivity index (χ0) is 17.5. The summed E-state index contributed by atoms with van der Waals surface area (Å²) in [5.41, 5.74) is 2.38. The number of halogens is 1. The van der Waals surface area contributed by atoms with Crippen LogP contribution in [0.3, 0.4) is 0 Å². The number of nitrogens with one attached hydrogen (secondary N) is 1. The van der Waals surface area contributed by atoms with Gasteiger partial charge >= 0.3 is 0 Å². The van der Waals surface area contributed by atoms with Crippen LogP contribution < -0.4 is 5.32 Å². The molecule has 2 aromatic rings. The fourth-order valence-corrected chi connectivity index (χ4v) is 3.57. The summed E-state index contributed by atoms with van der Waals surface area (Å²) >= 11 is 7.51. The van der Waals surface area contributed by atoms with E-state index in [4.69, 9.17) is 11.6 Å². The standard InChI is InChI=1S/C20H24ClNOS/c1-4-18(15-8-6-14(3)7-9-15)22-20(23)19(5-2)24-17-12-10-16(21)11-13-17/h6-13,18-19H,4-5H2,1-3H3,(H,22,23)/t18-,19-/m1/s1. The van der Waals surface area contributed by atoms with Crippen molar-refractivity contribution < 1.29 is 4.79 Å². The van der Waals surface area contributed by atoms with E-state index in [1.807, 2.05) is 31.2 Å². The van der Waals surface area contributed by atoms with E-state index in [0.29, 0.717) is 5.02 Å².